The maximum atomic E-state index is 12.9. The number of thiazole rings is 1. The Balaban J connectivity index is 1.89. The largest absolute Gasteiger partial charge is 0.480 e. The van der Waals surface area contributed by atoms with Crippen LogP contribution in [-0.4, -0.2) is 41.7 Å². The first-order valence-corrected chi connectivity index (χ1v) is 8.06. The molecule has 0 saturated carbocycles. The first-order valence-electron chi connectivity index (χ1n) is 7.24. The highest BCUT2D eigenvalue weighted by Crippen LogP contribution is 2.21. The first-order chi connectivity index (χ1) is 11.5. The number of hydrogen-bond acceptors (Lipinski definition) is 5. The zero-order valence-corrected chi connectivity index (χ0v) is 13.9. The molecule has 0 spiro atoms. The van der Waals surface area contributed by atoms with Crippen LogP contribution in [0.5, 0.6) is 0 Å². The highest BCUT2D eigenvalue weighted by Gasteiger charge is 2.15. The van der Waals surface area contributed by atoms with E-state index < -0.39 is 12.6 Å². The monoisotopic (exact) mass is 352 g/mol. The number of benzene rings is 1. The van der Waals surface area contributed by atoms with Gasteiger partial charge < -0.3 is 15.2 Å². The number of nitrogens with one attached hydrogen (secondary N) is 1. The van der Waals surface area contributed by atoms with E-state index in [0.29, 0.717) is 17.0 Å². The molecule has 2 aromatic rings. The van der Waals surface area contributed by atoms with E-state index in [1.54, 1.807) is 19.1 Å². The zero-order chi connectivity index (χ0) is 17.5. The first kappa shape index (κ1) is 18.0. The molecule has 0 atom stereocenters. The number of carbonyl (C=O) groups is 2. The lowest BCUT2D eigenvalue weighted by Gasteiger charge is -2.03. The number of carboxylic acids is 1. The quantitative estimate of drug-likeness (QED) is 0.710. The molecule has 1 aromatic carbocycles. The molecule has 1 aromatic heterocycles. The standard InChI is InChI=1S/C16H17FN2O4S/c1-10-15(16(22)18-6-7-23-9-14(20)21)24-13(19-10)8-11-2-4-12(17)5-3-11/h2-5H,6-9H2,1H3,(H,18,22)(H,20,21). The number of carboxylic acid groups (broad SMARTS) is 1. The second kappa shape index (κ2) is 8.51. The third-order valence-electron chi connectivity index (χ3n) is 3.07. The van der Waals surface area contributed by atoms with Crippen molar-refractivity contribution in [3.8, 4) is 0 Å². The van der Waals surface area contributed by atoms with Gasteiger partial charge in [-0.1, -0.05) is 12.1 Å². The van der Waals surface area contributed by atoms with Crippen LogP contribution in [0.4, 0.5) is 4.39 Å². The number of aryl methyl sites for hydroxylation is 1. The highest BCUT2D eigenvalue weighted by atomic mass is 32.1. The Labute approximate surface area is 142 Å². The Kier molecular flexibility index (Phi) is 6.39. The average molecular weight is 352 g/mol. The molecule has 1 amide bonds. The fraction of sp³-hybridized carbons (Fsp3) is 0.312. The van der Waals surface area contributed by atoms with Crippen molar-refractivity contribution in [2.75, 3.05) is 19.8 Å². The topological polar surface area (TPSA) is 88.5 Å². The fourth-order valence-corrected chi connectivity index (χ4v) is 3.01. The SMILES string of the molecule is Cc1nc(Cc2ccc(F)cc2)sc1C(=O)NCCOCC(=O)O. The lowest BCUT2D eigenvalue weighted by atomic mass is 10.1. The lowest BCUT2D eigenvalue weighted by molar-refractivity contribution is -0.142. The van der Waals surface area contributed by atoms with Crippen LogP contribution in [0.3, 0.4) is 0 Å². The van der Waals surface area contributed by atoms with E-state index in [-0.39, 0.29) is 24.9 Å². The second-order valence-corrected chi connectivity index (χ2v) is 6.11. The van der Waals surface area contributed by atoms with Crippen molar-refractivity contribution in [1.82, 2.24) is 10.3 Å². The third kappa shape index (κ3) is 5.39. The summed E-state index contributed by atoms with van der Waals surface area (Å²) in [6.45, 7) is 1.70. The molecule has 8 heteroatoms. The number of aliphatic carboxylic acids is 1. The molecule has 6 nitrogen and oxygen atoms in total. The van der Waals surface area contributed by atoms with E-state index in [0.717, 1.165) is 10.6 Å². The number of hydrogen-bond donors (Lipinski definition) is 2. The van der Waals surface area contributed by atoms with E-state index in [1.165, 1.54) is 23.5 Å². The Morgan fingerprint density at radius 1 is 1.33 bits per heavy atom. The van der Waals surface area contributed by atoms with Crippen LogP contribution in [0.25, 0.3) is 0 Å². The van der Waals surface area contributed by atoms with Gasteiger partial charge in [-0.25, -0.2) is 14.2 Å². The van der Waals surface area contributed by atoms with Crippen molar-refractivity contribution in [2.24, 2.45) is 0 Å². The van der Waals surface area contributed by atoms with Crippen LogP contribution in [0, 0.1) is 12.7 Å². The molecule has 24 heavy (non-hydrogen) atoms. The molecule has 0 fully saturated rings. The molecule has 1 heterocycles. The van der Waals surface area contributed by atoms with Gasteiger partial charge >= 0.3 is 5.97 Å². The van der Waals surface area contributed by atoms with Crippen LogP contribution >= 0.6 is 11.3 Å². The predicted molar refractivity (Wildman–Crippen MR) is 86.8 cm³/mol. The Morgan fingerprint density at radius 3 is 2.71 bits per heavy atom. The maximum absolute atomic E-state index is 12.9. The molecular formula is C16H17FN2O4S. The minimum atomic E-state index is -1.05. The van der Waals surface area contributed by atoms with Crippen LogP contribution in [0.2, 0.25) is 0 Å². The van der Waals surface area contributed by atoms with Crippen molar-refractivity contribution < 1.29 is 23.8 Å². The Hall–Kier alpha value is -2.32. The fourth-order valence-electron chi connectivity index (χ4n) is 1.99. The lowest BCUT2D eigenvalue weighted by Crippen LogP contribution is -2.27. The second-order valence-electron chi connectivity index (χ2n) is 5.03. The number of nitrogens with zero attached hydrogens (tertiary/aromatic N) is 1. The van der Waals surface area contributed by atoms with Gasteiger partial charge in [-0.3, -0.25) is 4.79 Å². The highest BCUT2D eigenvalue weighted by molar-refractivity contribution is 7.13. The van der Waals surface area contributed by atoms with E-state index in [2.05, 4.69) is 10.3 Å². The summed E-state index contributed by atoms with van der Waals surface area (Å²) in [5.41, 5.74) is 1.54. The smallest absolute Gasteiger partial charge is 0.329 e. The summed E-state index contributed by atoms with van der Waals surface area (Å²) in [5.74, 6) is -1.61. The van der Waals surface area contributed by atoms with Crippen LogP contribution in [0.15, 0.2) is 24.3 Å². The van der Waals surface area contributed by atoms with Gasteiger partial charge in [-0.2, -0.15) is 0 Å². The van der Waals surface area contributed by atoms with Crippen LogP contribution < -0.4 is 5.32 Å². The third-order valence-corrected chi connectivity index (χ3v) is 4.23. The summed E-state index contributed by atoms with van der Waals surface area (Å²) >= 11 is 1.28. The summed E-state index contributed by atoms with van der Waals surface area (Å²) < 4.78 is 17.8. The summed E-state index contributed by atoms with van der Waals surface area (Å²) in [6.07, 6.45) is 0.529. The van der Waals surface area contributed by atoms with E-state index in [1.807, 2.05) is 0 Å². The maximum Gasteiger partial charge on any atom is 0.329 e. The predicted octanol–water partition coefficient (Wildman–Crippen LogP) is 2.01. The van der Waals surface area contributed by atoms with Gasteiger partial charge in [0.2, 0.25) is 0 Å². The molecule has 128 valence electrons. The van der Waals surface area contributed by atoms with Crippen molar-refractivity contribution >= 4 is 23.2 Å². The van der Waals surface area contributed by atoms with Gasteiger partial charge in [0.25, 0.3) is 5.91 Å². The molecule has 0 bridgehead atoms. The van der Waals surface area contributed by atoms with Gasteiger partial charge in [0.1, 0.15) is 17.3 Å². The summed E-state index contributed by atoms with van der Waals surface area (Å²) in [7, 11) is 0. The number of amides is 1. The minimum absolute atomic E-state index is 0.123. The molecule has 0 aliphatic carbocycles. The van der Waals surface area contributed by atoms with Crippen molar-refractivity contribution in [3.63, 3.8) is 0 Å². The molecule has 2 rings (SSSR count). The molecule has 0 aliphatic heterocycles. The van der Waals surface area contributed by atoms with Crippen molar-refractivity contribution in [1.29, 1.82) is 0 Å². The summed E-state index contributed by atoms with van der Waals surface area (Å²) in [6, 6.07) is 6.15. The molecule has 0 unspecified atom stereocenters. The van der Waals surface area contributed by atoms with Crippen molar-refractivity contribution in [2.45, 2.75) is 13.3 Å². The minimum Gasteiger partial charge on any atom is -0.480 e. The molecule has 0 aliphatic rings. The molecule has 0 saturated heterocycles. The zero-order valence-electron chi connectivity index (χ0n) is 13.0. The number of ether oxygens (including phenoxy) is 1. The van der Waals surface area contributed by atoms with Crippen LogP contribution in [-0.2, 0) is 16.0 Å². The summed E-state index contributed by atoms with van der Waals surface area (Å²) in [4.78, 5) is 27.3. The normalized spacial score (nSPS) is 10.6. The molecule has 2 N–H and O–H groups in total. The Morgan fingerprint density at radius 2 is 2.04 bits per heavy atom. The van der Waals surface area contributed by atoms with E-state index >= 15 is 0 Å². The molecule has 0 radical (unpaired) electrons. The van der Waals surface area contributed by atoms with Gasteiger partial charge in [0, 0.05) is 13.0 Å². The number of aromatic nitrogens is 1. The average Bonchev–Trinajstić information content (AvgIpc) is 2.89. The summed E-state index contributed by atoms with van der Waals surface area (Å²) in [5, 5.41) is 11.9. The molecular weight excluding hydrogens is 335 g/mol. The number of rotatable bonds is 8. The van der Waals surface area contributed by atoms with E-state index in [4.69, 9.17) is 9.84 Å². The van der Waals surface area contributed by atoms with Gasteiger partial charge in [0.05, 0.1) is 17.3 Å². The van der Waals surface area contributed by atoms with Gasteiger partial charge in [0.15, 0.2) is 0 Å². The van der Waals surface area contributed by atoms with E-state index in [9.17, 15) is 14.0 Å². The number of carbonyl (C=O) groups excluding carboxylic acids is 1. The number of halogens is 1. The van der Waals surface area contributed by atoms with Gasteiger partial charge in [-0.05, 0) is 24.6 Å². The Bertz CT molecular complexity index is 715. The van der Waals surface area contributed by atoms with Crippen molar-refractivity contribution in [3.05, 3.63) is 51.2 Å². The van der Waals surface area contributed by atoms with Crippen LogP contribution in [0.1, 0.15) is 25.9 Å². The van der Waals surface area contributed by atoms with Gasteiger partial charge in [-0.15, -0.1) is 11.3 Å².